The number of methoxy groups -OCH3 is 4. The zero-order valence-corrected chi connectivity index (χ0v) is 47.8. The Morgan fingerprint density at radius 1 is 0.831 bits per heavy atom. The largest absolute Gasteiger partial charge is 0.460 e. The van der Waals surface area contributed by atoms with Crippen LogP contribution in [-0.4, -0.2) is 150 Å². The second-order valence-electron chi connectivity index (χ2n) is 22.4. The molecule has 2 bridgehead atoms. The zero-order valence-electron chi connectivity index (χ0n) is 47.8. The number of alkyl carbamates (subject to hydrolysis) is 1. The van der Waals surface area contributed by atoms with E-state index < -0.39 is 96.2 Å². The number of allylic oxidation sites excluding steroid dienone is 5. The van der Waals surface area contributed by atoms with Crippen LogP contribution < -0.4 is 5.32 Å². The number of nitrogens with one attached hydrogen (secondary N) is 1. The smallest absolute Gasteiger partial charge is 0.407 e. The van der Waals surface area contributed by atoms with Crippen LogP contribution in [0, 0.1) is 42.4 Å². The van der Waals surface area contributed by atoms with Crippen LogP contribution in [0.15, 0.2) is 60.0 Å². The van der Waals surface area contributed by atoms with Gasteiger partial charge in [0.2, 0.25) is 5.79 Å². The standard InChI is InChI=1S/C59H90N4O14/c1-35-18-14-13-15-19-36(2)48(71-9)30-45-23-21-41(7)59(70,77-45)55(66)56(67)63-25-17-16-20-46(63)57(68)75-50(31-49(72-10)37(3)27-40(6)53(65)54(74-12)52(64)39(5)26-35)38(4)28-43-22-24-47(51(29-43)73-11)76-58(69)62-34-44-32-60-42(8)61-33-44/h13-15,18-19,27,32-33,35,37-39,41,43,45-51,53-54,65,70H,16-17,20-26,28-31,34H2,1-12H3,(H,62,69)/b15-13+,18-14+,36-19+,40-27+/t35-,37-,38-,39?,41-,43+,45+,46+,47-,48+,49-,50+,51-,53-,54+,59-/m1/s1. The van der Waals surface area contributed by atoms with E-state index >= 15 is 0 Å². The first-order valence-corrected chi connectivity index (χ1v) is 27.8. The number of aromatic nitrogens is 2. The van der Waals surface area contributed by atoms with Crippen molar-refractivity contribution >= 4 is 29.5 Å². The highest BCUT2D eigenvalue weighted by molar-refractivity contribution is 6.39. The Labute approximate surface area is 457 Å². The molecule has 1 aromatic rings. The van der Waals surface area contributed by atoms with E-state index in [0.717, 1.165) is 11.1 Å². The Morgan fingerprint density at radius 2 is 1.55 bits per heavy atom. The molecule has 1 unspecified atom stereocenters. The Hall–Kier alpha value is -4.69. The molecule has 2 amide bonds. The molecule has 4 aliphatic rings. The summed E-state index contributed by atoms with van der Waals surface area (Å²) in [5, 5.41) is 26.5. The lowest BCUT2D eigenvalue weighted by Gasteiger charge is -2.43. The predicted octanol–water partition coefficient (Wildman–Crippen LogP) is 7.66. The van der Waals surface area contributed by atoms with Crippen LogP contribution in [0.25, 0.3) is 0 Å². The van der Waals surface area contributed by atoms with Crippen molar-refractivity contribution in [2.45, 2.75) is 200 Å². The second kappa shape index (κ2) is 30.1. The monoisotopic (exact) mass is 1080 g/mol. The number of aliphatic hydroxyl groups is 2. The minimum atomic E-state index is -2.43. The molecule has 18 nitrogen and oxygen atoms in total. The van der Waals surface area contributed by atoms with Crippen molar-refractivity contribution in [1.82, 2.24) is 20.2 Å². The Morgan fingerprint density at radius 3 is 2.22 bits per heavy atom. The summed E-state index contributed by atoms with van der Waals surface area (Å²) in [6.45, 7) is 15.3. The van der Waals surface area contributed by atoms with Crippen LogP contribution >= 0.6 is 0 Å². The maximum absolute atomic E-state index is 14.8. The second-order valence-corrected chi connectivity index (χ2v) is 22.4. The van der Waals surface area contributed by atoms with Gasteiger partial charge in [-0.05, 0) is 114 Å². The number of hydrogen-bond donors (Lipinski definition) is 3. The third-order valence-electron chi connectivity index (χ3n) is 16.4. The molecule has 1 aromatic heterocycles. The van der Waals surface area contributed by atoms with Gasteiger partial charge in [-0.1, -0.05) is 71.1 Å². The van der Waals surface area contributed by atoms with Crippen molar-refractivity contribution in [3.8, 4) is 0 Å². The summed E-state index contributed by atoms with van der Waals surface area (Å²) in [5.74, 6) is -6.47. The van der Waals surface area contributed by atoms with Crippen LogP contribution in [0.3, 0.4) is 0 Å². The van der Waals surface area contributed by atoms with E-state index in [1.54, 1.807) is 54.5 Å². The highest BCUT2D eigenvalue weighted by atomic mass is 16.6. The number of piperidine rings is 1. The van der Waals surface area contributed by atoms with E-state index in [4.69, 9.17) is 33.2 Å². The molecular weight excluding hydrogens is 989 g/mol. The highest BCUT2D eigenvalue weighted by Crippen LogP contribution is 2.38. The quantitative estimate of drug-likeness (QED) is 0.116. The average Bonchev–Trinajstić information content (AvgIpc) is 3.42. The van der Waals surface area contributed by atoms with Gasteiger partial charge in [-0.3, -0.25) is 14.4 Å². The summed E-state index contributed by atoms with van der Waals surface area (Å²) in [6.07, 6.45) is 14.4. The van der Waals surface area contributed by atoms with Gasteiger partial charge in [0.1, 0.15) is 36.3 Å². The van der Waals surface area contributed by atoms with Gasteiger partial charge in [-0.2, -0.15) is 0 Å². The van der Waals surface area contributed by atoms with E-state index in [0.29, 0.717) is 75.6 Å². The Bertz CT molecular complexity index is 2230. The van der Waals surface area contributed by atoms with Gasteiger partial charge in [-0.15, -0.1) is 0 Å². The fraction of sp³-hybridized carbons (Fsp3) is 0.712. The number of hydrogen-bond acceptors (Lipinski definition) is 16. The maximum Gasteiger partial charge on any atom is 0.407 e. The molecule has 77 heavy (non-hydrogen) atoms. The van der Waals surface area contributed by atoms with Gasteiger partial charge >= 0.3 is 12.1 Å². The highest BCUT2D eigenvalue weighted by Gasteiger charge is 2.53. The number of carbonyl (C=O) groups excluding carboxylic acids is 5. The molecule has 4 heterocycles. The summed E-state index contributed by atoms with van der Waals surface area (Å²) < 4.78 is 42.2. The molecule has 1 saturated carbocycles. The van der Waals surface area contributed by atoms with Crippen molar-refractivity contribution in [2.75, 3.05) is 35.0 Å². The molecule has 0 spiro atoms. The lowest BCUT2D eigenvalue weighted by molar-refractivity contribution is -0.265. The number of cyclic esters (lactones) is 1. The molecule has 0 aromatic carbocycles. The minimum absolute atomic E-state index is 0.0275. The number of Topliss-reactive ketones (excluding diaryl/α,β-unsaturated/α-hetero) is 2. The van der Waals surface area contributed by atoms with Gasteiger partial charge in [0.15, 0.2) is 5.78 Å². The number of esters is 1. The lowest BCUT2D eigenvalue weighted by Crippen LogP contribution is -2.61. The summed E-state index contributed by atoms with van der Waals surface area (Å²) in [5.41, 5.74) is 2.13. The molecular formula is C59H90N4O14. The first kappa shape index (κ1) is 63.1. The van der Waals surface area contributed by atoms with Gasteiger partial charge in [0.25, 0.3) is 11.7 Å². The summed E-state index contributed by atoms with van der Waals surface area (Å²) in [6, 6.07) is -1.11. The van der Waals surface area contributed by atoms with Crippen molar-refractivity contribution < 1.29 is 67.3 Å². The van der Waals surface area contributed by atoms with E-state index in [1.807, 2.05) is 71.1 Å². The number of amides is 2. The average molecular weight is 1080 g/mol. The molecule has 0 radical (unpaired) electrons. The maximum atomic E-state index is 14.8. The van der Waals surface area contributed by atoms with Crippen LogP contribution in [0.4, 0.5) is 4.79 Å². The summed E-state index contributed by atoms with van der Waals surface area (Å²) in [4.78, 5) is 80.1. The van der Waals surface area contributed by atoms with Crippen molar-refractivity contribution in [1.29, 1.82) is 0 Å². The Kier molecular flexibility index (Phi) is 24.6. The molecule has 430 valence electrons. The van der Waals surface area contributed by atoms with Crippen molar-refractivity contribution in [3.63, 3.8) is 0 Å². The molecule has 2 saturated heterocycles. The van der Waals surface area contributed by atoms with Crippen LogP contribution in [0.2, 0.25) is 0 Å². The van der Waals surface area contributed by atoms with Gasteiger partial charge in [-0.25, -0.2) is 19.6 Å². The first-order valence-electron chi connectivity index (χ1n) is 27.8. The van der Waals surface area contributed by atoms with Gasteiger partial charge in [0.05, 0.1) is 24.4 Å². The van der Waals surface area contributed by atoms with E-state index in [1.165, 1.54) is 12.0 Å². The molecule has 1 aliphatic carbocycles. The number of fused-ring (bicyclic) bond motifs is 3. The number of nitrogens with zero attached hydrogens (tertiary/aromatic N) is 3. The molecule has 3 N–H and O–H groups in total. The fourth-order valence-electron chi connectivity index (χ4n) is 11.5. The minimum Gasteiger partial charge on any atom is -0.460 e. The summed E-state index contributed by atoms with van der Waals surface area (Å²) in [7, 11) is 6.17. The van der Waals surface area contributed by atoms with Gasteiger partial charge in [0, 0.05) is 90.1 Å². The number of aliphatic hydroxyl groups excluding tert-OH is 1. The molecule has 5 rings (SSSR count). The third kappa shape index (κ3) is 17.4. The van der Waals surface area contributed by atoms with Crippen molar-refractivity contribution in [2.24, 2.45) is 35.5 Å². The normalized spacial score (nSPS) is 36.7. The first-order chi connectivity index (χ1) is 36.6. The number of aryl methyl sites for hydroxylation is 1. The fourth-order valence-corrected chi connectivity index (χ4v) is 11.5. The Balaban J connectivity index is 1.43. The lowest BCUT2D eigenvalue weighted by atomic mass is 9.78. The number of rotatable bonds is 10. The third-order valence-corrected chi connectivity index (χ3v) is 16.4. The molecule has 18 heteroatoms. The number of ether oxygens (including phenoxy) is 7. The van der Waals surface area contributed by atoms with Crippen molar-refractivity contribution in [3.05, 3.63) is 71.4 Å². The molecule has 16 atom stereocenters. The zero-order chi connectivity index (χ0) is 56.6. The van der Waals surface area contributed by atoms with Crippen LogP contribution in [0.1, 0.15) is 137 Å². The molecule has 3 aliphatic heterocycles. The SMILES string of the molecule is CO[C@H]1C[C@@H]2CC[C@@H](C)[C@@](O)(O2)C(=O)C(=O)N2CCCC[C@H]2C(=O)O[C@H]([C@H](C)C[C@@H]2CC[C@@H](OC(=O)NCc3cnc(C)nc3)[C@H](OC)C2)C[C@@H](OC)[C@H](C)/C=C(\C)[C@@H](O)[C@@H](OC)C(=O)C(C)C[C@H](C)/C=C/C=C/C=C/1C. The van der Waals surface area contributed by atoms with E-state index in [-0.39, 0.29) is 55.4 Å². The predicted molar refractivity (Wildman–Crippen MR) is 289 cm³/mol. The van der Waals surface area contributed by atoms with Gasteiger partial charge < -0.3 is 53.6 Å². The number of ketones is 2. The van der Waals surface area contributed by atoms with E-state index in [9.17, 15) is 34.2 Å². The summed E-state index contributed by atoms with van der Waals surface area (Å²) >= 11 is 0. The van der Waals surface area contributed by atoms with Crippen LogP contribution in [-0.2, 0) is 58.9 Å². The number of carbonyl (C=O) groups is 5. The topological polar surface area (TPSA) is 231 Å². The van der Waals surface area contributed by atoms with E-state index in [2.05, 4.69) is 15.3 Å². The molecule has 3 fully saturated rings. The van der Waals surface area contributed by atoms with Crippen LogP contribution in [0.5, 0.6) is 0 Å².